The first-order valence-electron chi connectivity index (χ1n) is 29.9. The van der Waals surface area contributed by atoms with E-state index in [1.54, 1.807) is 37.3 Å². The van der Waals surface area contributed by atoms with Gasteiger partial charge in [0.05, 0.1) is 52.2 Å². The van der Waals surface area contributed by atoms with Crippen LogP contribution in [0.4, 0.5) is 10.5 Å². The second kappa shape index (κ2) is 32.4. The Hall–Kier alpha value is -6.95. The molecule has 28 heteroatoms. The summed E-state index contributed by atoms with van der Waals surface area (Å²) in [5, 5.41) is 27.2. The monoisotopic (exact) mass is 1300 g/mol. The number of hydrogen-bond acceptors (Lipinski definition) is 19. The molecule has 3 aromatic rings. The lowest BCUT2D eigenvalue weighted by atomic mass is 9.82. The minimum atomic E-state index is -2.69. The molecule has 0 saturated carbocycles. The zero-order chi connectivity index (χ0) is 66.3. The number of nitrogens with one attached hydrogen (secondary N) is 5. The van der Waals surface area contributed by atoms with Crippen molar-refractivity contribution in [1.82, 2.24) is 46.1 Å². The number of fused-ring (bicyclic) bond motifs is 6. The van der Waals surface area contributed by atoms with Gasteiger partial charge < -0.3 is 78.2 Å². The molecule has 2 saturated heterocycles. The van der Waals surface area contributed by atoms with E-state index in [9.17, 15) is 33.9 Å². The largest absolute Gasteiger partial charge is 0.495 e. The number of carbonyl (C=O) groups is 7. The maximum absolute atomic E-state index is 15.1. The number of allylic oxidation sites excluding steroid dienone is 3. The number of alkyl carbamates (subject to hydrolysis) is 1. The summed E-state index contributed by atoms with van der Waals surface area (Å²) in [5.74, 6) is -7.47. The standard InChI is InChI=1S/C62H89ClN10O16S/c1-38-17-16-20-50(83-13)61(81)35-49(86-59(80)68-61)39(2)55-60(6,87-55)62(88-56(78)40(3)70(9)42(5)74,36-53(77)72(11)47-32-43(31-38)33-48(82-12)54(47)63)89-57(79)41(4)71(10)52(76)22-27-84-29-30-85-28-25-67-58(90)66-24-23-65-51(75)21-26-73-45(37-69(8)64-7)34-44-18-14-15-19-46(44)73/h14-20,32-34,39-41,49-50,55,64,81H,21-31,35-37H2,1-13H3,(H,65,75)(H,68,80)(H2,66,67,90)/b20-16+,38-17+/t39-,40+,41?,49+,50?,55+,60-,61+,62-/m1/s1. The summed E-state index contributed by atoms with van der Waals surface area (Å²) in [6.07, 6.45) is 0.0434. The summed E-state index contributed by atoms with van der Waals surface area (Å²) in [7, 11) is 10.8. The fourth-order valence-corrected chi connectivity index (χ4v) is 11.2. The Morgan fingerprint density at radius 3 is 2.24 bits per heavy atom. The number of halogens is 1. The van der Waals surface area contributed by atoms with Crippen LogP contribution in [-0.4, -0.2) is 214 Å². The van der Waals surface area contributed by atoms with Crippen molar-refractivity contribution in [1.29, 1.82) is 0 Å². The van der Waals surface area contributed by atoms with Crippen LogP contribution in [0.1, 0.15) is 78.5 Å². The number of aryl methyl sites for hydroxylation is 1. The van der Waals surface area contributed by atoms with Crippen molar-refractivity contribution < 1.29 is 76.6 Å². The molecule has 0 aliphatic carbocycles. The number of methoxy groups -OCH3 is 2. The first-order chi connectivity index (χ1) is 42.6. The Bertz CT molecular complexity index is 3130. The zero-order valence-corrected chi connectivity index (χ0v) is 55.3. The zero-order valence-electron chi connectivity index (χ0n) is 53.7. The highest BCUT2D eigenvalue weighted by molar-refractivity contribution is 7.80. The molecule has 4 bridgehead atoms. The topological polar surface area (TPSA) is 295 Å². The van der Waals surface area contributed by atoms with Crippen molar-refractivity contribution in [3.63, 3.8) is 0 Å². The lowest BCUT2D eigenvalue weighted by molar-refractivity contribution is -0.255. The fraction of sp³-hybridized carbons (Fsp3) is 0.581. The van der Waals surface area contributed by atoms with Crippen LogP contribution in [0, 0.1) is 5.92 Å². The molecule has 9 atom stereocenters. The molecule has 0 spiro atoms. The average Bonchev–Trinajstić information content (AvgIpc) is 1.54. The normalized spacial score (nSPS) is 24.2. The van der Waals surface area contributed by atoms with Gasteiger partial charge in [0.25, 0.3) is 5.79 Å². The first-order valence-corrected chi connectivity index (χ1v) is 30.6. The minimum absolute atomic E-state index is 0.0483. The number of epoxide rings is 1. The number of carbonyl (C=O) groups excluding carboxylic acids is 7. The number of rotatable bonds is 26. The summed E-state index contributed by atoms with van der Waals surface area (Å²) in [5.41, 5.74) is 3.01. The molecule has 5 amide bonds. The van der Waals surface area contributed by atoms with Crippen molar-refractivity contribution in [2.45, 2.75) is 134 Å². The van der Waals surface area contributed by atoms with Gasteiger partial charge >= 0.3 is 18.0 Å². The Morgan fingerprint density at radius 1 is 0.922 bits per heavy atom. The first kappa shape index (κ1) is 72.1. The Kier molecular flexibility index (Phi) is 25.9. The SMILES string of the molecule is CNN(C)Cc1cc2ccccc2n1CCC(=O)NCCNC(=S)NCCOCCOCCC(=O)N(C)C(C)C(=O)O[C@]1(OC(=O)[C@H](C)N(C)C(C)=O)CC(=O)N(C)c2cc(cc(OC)c2Cl)C/C(C)=C/C=C/C(OC)[C@@]2(O)C[C@H](OC(=O)N2)[C@@H](C)[C@@H]2O[C@]21C. The molecular weight excluding hydrogens is 1210 g/mol. The summed E-state index contributed by atoms with van der Waals surface area (Å²) in [6.45, 7) is 11.9. The van der Waals surface area contributed by atoms with E-state index in [-0.39, 0.29) is 61.6 Å². The number of hydrogen-bond donors (Lipinski definition) is 6. The second-order valence-electron chi connectivity index (χ2n) is 23.0. The number of benzene rings is 2. The third-order valence-electron chi connectivity index (χ3n) is 16.7. The highest BCUT2D eigenvalue weighted by atomic mass is 35.5. The third kappa shape index (κ3) is 18.2. The predicted octanol–water partition coefficient (Wildman–Crippen LogP) is 3.87. The van der Waals surface area contributed by atoms with E-state index in [1.807, 2.05) is 38.2 Å². The number of hydrazine groups is 1. The summed E-state index contributed by atoms with van der Waals surface area (Å²) < 4.78 is 49.8. The van der Waals surface area contributed by atoms with Crippen molar-refractivity contribution in [3.05, 3.63) is 82.5 Å². The summed E-state index contributed by atoms with van der Waals surface area (Å²) in [4.78, 5) is 100. The van der Waals surface area contributed by atoms with Gasteiger partial charge in [0, 0.05) is 98.4 Å². The molecule has 496 valence electrons. The lowest BCUT2D eigenvalue weighted by Crippen LogP contribution is -2.64. The number of esters is 2. The smallest absolute Gasteiger partial charge is 0.409 e. The number of anilines is 1. The van der Waals surface area contributed by atoms with E-state index in [1.165, 1.54) is 68.0 Å². The maximum Gasteiger partial charge on any atom is 0.409 e. The second-order valence-corrected chi connectivity index (χ2v) is 23.7. The van der Waals surface area contributed by atoms with Gasteiger partial charge in [0.1, 0.15) is 47.6 Å². The number of aromatic nitrogens is 1. The number of thiocarbonyl (C=S) groups is 1. The number of nitrogens with zero attached hydrogens (tertiary/aromatic N) is 5. The van der Waals surface area contributed by atoms with Crippen LogP contribution < -0.4 is 36.3 Å². The van der Waals surface area contributed by atoms with Crippen molar-refractivity contribution in [2.75, 3.05) is 100 Å². The van der Waals surface area contributed by atoms with Gasteiger partial charge in [0.2, 0.25) is 23.6 Å². The van der Waals surface area contributed by atoms with Crippen LogP contribution in [0.5, 0.6) is 5.75 Å². The molecule has 3 aliphatic rings. The maximum atomic E-state index is 15.1. The van der Waals surface area contributed by atoms with Crippen LogP contribution >= 0.6 is 23.8 Å². The van der Waals surface area contributed by atoms with Crippen LogP contribution in [0.15, 0.2) is 66.3 Å². The summed E-state index contributed by atoms with van der Waals surface area (Å²) >= 11 is 12.3. The van der Waals surface area contributed by atoms with E-state index < -0.39 is 95.6 Å². The van der Waals surface area contributed by atoms with Gasteiger partial charge in [-0.25, -0.2) is 19.4 Å². The van der Waals surface area contributed by atoms with E-state index in [2.05, 4.69) is 49.5 Å². The van der Waals surface area contributed by atoms with Gasteiger partial charge in [-0.05, 0) is 88.6 Å². The molecule has 2 unspecified atom stereocenters. The predicted molar refractivity (Wildman–Crippen MR) is 339 cm³/mol. The molecule has 2 aromatic carbocycles. The van der Waals surface area contributed by atoms with Crippen molar-refractivity contribution >= 4 is 87.2 Å². The molecule has 2 fully saturated rings. The van der Waals surface area contributed by atoms with Crippen LogP contribution in [0.3, 0.4) is 0 Å². The quantitative estimate of drug-likeness (QED) is 0.0166. The molecule has 1 aromatic heterocycles. The third-order valence-corrected chi connectivity index (χ3v) is 17.3. The lowest BCUT2D eigenvalue weighted by Gasteiger charge is -2.42. The van der Waals surface area contributed by atoms with Gasteiger partial charge in [-0.1, -0.05) is 60.5 Å². The van der Waals surface area contributed by atoms with Crippen LogP contribution in [0.2, 0.25) is 5.02 Å². The number of amides is 5. The number of aliphatic hydroxyl groups is 1. The van der Waals surface area contributed by atoms with E-state index in [0.717, 1.165) is 32.0 Å². The van der Waals surface area contributed by atoms with Gasteiger partial charge in [-0.3, -0.25) is 29.9 Å². The van der Waals surface area contributed by atoms with Gasteiger partial charge in [-0.15, -0.1) is 0 Å². The molecular formula is C62H89ClN10O16S. The fourth-order valence-electron chi connectivity index (χ4n) is 10.7. The average molecular weight is 1300 g/mol. The van der Waals surface area contributed by atoms with E-state index in [0.29, 0.717) is 56.2 Å². The molecule has 3 aliphatic heterocycles. The molecule has 0 radical (unpaired) electrons. The highest BCUT2D eigenvalue weighted by Gasteiger charge is 2.74. The Labute approximate surface area is 536 Å². The van der Waals surface area contributed by atoms with Crippen LogP contribution in [-0.2, 0) is 81.4 Å². The van der Waals surface area contributed by atoms with E-state index >= 15 is 4.79 Å². The molecule has 90 heavy (non-hydrogen) atoms. The Morgan fingerprint density at radius 2 is 1.58 bits per heavy atom. The van der Waals surface area contributed by atoms with Crippen molar-refractivity contribution in [3.8, 4) is 5.75 Å². The van der Waals surface area contributed by atoms with Gasteiger partial charge in [0.15, 0.2) is 16.4 Å². The molecule has 4 heterocycles. The number of likely N-dealkylation sites (N-methyl/N-ethyl adjacent to an activating group) is 2. The van der Waals surface area contributed by atoms with Gasteiger partial charge in [-0.2, -0.15) is 0 Å². The van der Waals surface area contributed by atoms with E-state index in [4.69, 9.17) is 61.7 Å². The number of para-hydroxylation sites is 1. The van der Waals surface area contributed by atoms with Crippen molar-refractivity contribution in [2.24, 2.45) is 5.92 Å². The Balaban J connectivity index is 1.07. The highest BCUT2D eigenvalue weighted by Crippen LogP contribution is 2.55. The molecule has 26 nitrogen and oxygen atoms in total. The van der Waals surface area contributed by atoms with Crippen LogP contribution in [0.25, 0.3) is 10.9 Å². The summed E-state index contributed by atoms with van der Waals surface area (Å²) in [6, 6.07) is 10.9. The minimum Gasteiger partial charge on any atom is -0.495 e. The molecule has 6 N–H and O–H groups in total. The number of ether oxygens (including phenoxy) is 8. The molecule has 6 rings (SSSR count).